The first-order valence-corrected chi connectivity index (χ1v) is 15.1. The van der Waals surface area contributed by atoms with Crippen LogP contribution in [0.15, 0.2) is 41.5 Å². The van der Waals surface area contributed by atoms with Crippen molar-refractivity contribution in [3.63, 3.8) is 0 Å². The second kappa shape index (κ2) is 14.0. The van der Waals surface area contributed by atoms with Gasteiger partial charge < -0.3 is 49.2 Å². The molecule has 5 rings (SSSR count). The van der Waals surface area contributed by atoms with Crippen molar-refractivity contribution in [2.75, 3.05) is 27.9 Å². The van der Waals surface area contributed by atoms with Crippen LogP contribution in [0.4, 0.5) is 4.79 Å². The van der Waals surface area contributed by atoms with Gasteiger partial charge in [0.25, 0.3) is 0 Å². The summed E-state index contributed by atoms with van der Waals surface area (Å²) >= 11 is 0. The fraction of sp³-hybridized carbons (Fsp3) is 0.636. The van der Waals surface area contributed by atoms with Gasteiger partial charge in [-0.2, -0.15) is 0 Å². The molecule has 47 heavy (non-hydrogen) atoms. The molecule has 262 valence electrons. The number of methoxy groups -OCH3 is 1. The summed E-state index contributed by atoms with van der Waals surface area (Å²) < 4.78 is 28.2. The third-order valence-electron chi connectivity index (χ3n) is 10.3. The number of aliphatic hydroxyl groups is 5. The molecule has 0 spiro atoms. The molecule has 1 aromatic rings. The Bertz CT molecular complexity index is 1370. The lowest BCUT2D eigenvalue weighted by molar-refractivity contribution is -0.344. The van der Waals surface area contributed by atoms with E-state index in [1.165, 1.54) is 19.1 Å². The lowest BCUT2D eigenvalue weighted by Gasteiger charge is -2.67. The molecule has 3 aliphatic carbocycles. The van der Waals surface area contributed by atoms with Crippen molar-refractivity contribution in [2.24, 2.45) is 16.7 Å². The fourth-order valence-electron chi connectivity index (χ4n) is 7.83. The second-order valence-electron chi connectivity index (χ2n) is 12.7. The Labute approximate surface area is 273 Å². The number of esters is 2. The zero-order valence-corrected chi connectivity index (χ0v) is 27.9. The summed E-state index contributed by atoms with van der Waals surface area (Å²) in [4.78, 5) is 53.7. The van der Waals surface area contributed by atoms with Crippen LogP contribution in [-0.4, -0.2) is 119 Å². The number of ether oxygens (including phenoxy) is 5. The molecule has 2 saturated carbocycles. The predicted octanol–water partition coefficient (Wildman–Crippen LogP) is 1.09. The van der Waals surface area contributed by atoms with Crippen molar-refractivity contribution in [2.45, 2.75) is 89.2 Å². The summed E-state index contributed by atoms with van der Waals surface area (Å²) in [5, 5.41) is 49.9. The molecule has 1 heterocycles. The maximum absolute atomic E-state index is 14.8. The first-order chi connectivity index (χ1) is 22.1. The normalized spacial score (nSPS) is 36.5. The first kappa shape index (κ1) is 38.1. The van der Waals surface area contributed by atoms with E-state index in [1.54, 1.807) is 39.0 Å². The monoisotopic (exact) mass is 666 g/mol. The van der Waals surface area contributed by atoms with Gasteiger partial charge >= 0.3 is 18.1 Å². The van der Waals surface area contributed by atoms with Crippen molar-refractivity contribution in [3.05, 3.63) is 47.0 Å². The van der Waals surface area contributed by atoms with Crippen LogP contribution in [0.5, 0.6) is 0 Å². The molecule has 2 unspecified atom stereocenters. The van der Waals surface area contributed by atoms with Crippen molar-refractivity contribution in [1.29, 1.82) is 0 Å². The molecular weight excluding hydrogens is 620 g/mol. The number of carbonyl (C=O) groups is 4. The van der Waals surface area contributed by atoms with Crippen molar-refractivity contribution < 1.29 is 68.4 Å². The van der Waals surface area contributed by atoms with Crippen LogP contribution in [0.1, 0.15) is 57.8 Å². The molecule has 14 heteroatoms. The number of benzene rings is 1. The van der Waals surface area contributed by atoms with Gasteiger partial charge in [0.05, 0.1) is 42.8 Å². The third-order valence-corrected chi connectivity index (χ3v) is 10.3. The molecule has 5 N–H and O–H groups in total. The van der Waals surface area contributed by atoms with E-state index >= 15 is 0 Å². The van der Waals surface area contributed by atoms with Crippen molar-refractivity contribution in [3.8, 4) is 0 Å². The van der Waals surface area contributed by atoms with E-state index in [0.717, 1.165) is 28.3 Å². The zero-order valence-electron chi connectivity index (χ0n) is 27.9. The van der Waals surface area contributed by atoms with Gasteiger partial charge in [-0.05, 0) is 37.1 Å². The standard InChI is InChI=1S/C31H38O12.2CH4O/c1-15-18(33)13-31(38)25(42-26(36)17-10-8-7-9-11-17)23-29(5,24(35)22(41-16(2)32)21(15)28(31,3)4)19(34)12-20-30(23,14-40-20)43-27(37)39-6;2*1-2/h7-11,18-20,22-23,25,33-34,38H,12-14H2,1-6H3;2*2H,1H3/t18-,19?,20+,22+,23?,25-,29+,30-,31+;;/m0../s1. The van der Waals surface area contributed by atoms with Gasteiger partial charge in [-0.15, -0.1) is 0 Å². The number of hydrogen-bond donors (Lipinski definition) is 5. The molecule has 2 bridgehead atoms. The van der Waals surface area contributed by atoms with Gasteiger partial charge in [0.2, 0.25) is 0 Å². The number of carbonyl (C=O) groups excluding carboxylic acids is 4. The molecule has 1 aliphatic heterocycles. The van der Waals surface area contributed by atoms with Crippen LogP contribution < -0.4 is 0 Å². The number of aliphatic hydroxyl groups excluding tert-OH is 4. The van der Waals surface area contributed by atoms with E-state index in [9.17, 15) is 34.5 Å². The van der Waals surface area contributed by atoms with Gasteiger partial charge in [-0.3, -0.25) is 9.59 Å². The first-order valence-electron chi connectivity index (χ1n) is 15.1. The highest BCUT2D eigenvalue weighted by Gasteiger charge is 2.78. The van der Waals surface area contributed by atoms with E-state index < -0.39 is 82.3 Å². The number of hydrogen-bond acceptors (Lipinski definition) is 14. The Morgan fingerprint density at radius 1 is 0.979 bits per heavy atom. The summed E-state index contributed by atoms with van der Waals surface area (Å²) in [5.74, 6) is -3.87. The molecule has 4 aliphatic rings. The lowest BCUT2D eigenvalue weighted by atomic mass is 9.44. The Hall–Kier alpha value is -3.40. The van der Waals surface area contributed by atoms with Crippen LogP contribution in [0.3, 0.4) is 0 Å². The molecule has 0 amide bonds. The van der Waals surface area contributed by atoms with Crippen LogP contribution in [0, 0.1) is 16.7 Å². The van der Waals surface area contributed by atoms with E-state index in [0.29, 0.717) is 5.57 Å². The largest absolute Gasteiger partial charge is 0.508 e. The van der Waals surface area contributed by atoms with Crippen molar-refractivity contribution in [1.82, 2.24) is 0 Å². The lowest BCUT2D eigenvalue weighted by Crippen LogP contribution is -2.82. The fourth-order valence-corrected chi connectivity index (χ4v) is 7.83. The highest BCUT2D eigenvalue weighted by molar-refractivity contribution is 5.95. The molecule has 14 nitrogen and oxygen atoms in total. The molecule has 0 radical (unpaired) electrons. The minimum absolute atomic E-state index is 0.136. The summed E-state index contributed by atoms with van der Waals surface area (Å²) in [6.45, 7) is 7.06. The number of fused-ring (bicyclic) bond motifs is 5. The SMILES string of the molecule is CO.CO.COC(=O)O[C@@]12CO[C@@H]1CC(O)[C@@]1(C)C(=O)[C@H](OC(C)=O)C3=C(C)[C@@H](O)C[C@@](O)([C@@H](OC(=O)c4ccccc4)C12)C3(C)C. The zero-order chi connectivity index (χ0) is 35.7. The average Bonchev–Trinajstić information content (AvgIpc) is 3.04. The summed E-state index contributed by atoms with van der Waals surface area (Å²) in [7, 11) is 3.10. The minimum atomic E-state index is -2.15. The van der Waals surface area contributed by atoms with Gasteiger partial charge in [0, 0.05) is 39.4 Å². The molecule has 9 atom stereocenters. The third kappa shape index (κ3) is 5.85. The number of rotatable bonds is 4. The van der Waals surface area contributed by atoms with Crippen LogP contribution in [0.2, 0.25) is 0 Å². The minimum Gasteiger partial charge on any atom is -0.455 e. The van der Waals surface area contributed by atoms with Gasteiger partial charge in [0.15, 0.2) is 17.5 Å². The van der Waals surface area contributed by atoms with E-state index in [2.05, 4.69) is 0 Å². The molecule has 1 saturated heterocycles. The Morgan fingerprint density at radius 3 is 2.09 bits per heavy atom. The summed E-state index contributed by atoms with van der Waals surface area (Å²) in [6.07, 6.45) is -8.69. The Kier molecular flexibility index (Phi) is 11.3. The maximum atomic E-state index is 14.8. The Balaban J connectivity index is 0.00000144. The second-order valence-corrected chi connectivity index (χ2v) is 12.7. The summed E-state index contributed by atoms with van der Waals surface area (Å²) in [5.41, 5.74) is -6.69. The van der Waals surface area contributed by atoms with Gasteiger partial charge in [-0.1, -0.05) is 32.0 Å². The topological polar surface area (TPSA) is 216 Å². The number of Topliss-reactive ketones (excluding diaryl/α,β-unsaturated/α-hetero) is 1. The van der Waals surface area contributed by atoms with Crippen LogP contribution >= 0.6 is 0 Å². The number of ketones is 1. The van der Waals surface area contributed by atoms with Gasteiger partial charge in [-0.25, -0.2) is 9.59 Å². The average molecular weight is 667 g/mol. The summed E-state index contributed by atoms with van der Waals surface area (Å²) in [6, 6.07) is 7.98. The smallest absolute Gasteiger partial charge is 0.455 e. The highest BCUT2D eigenvalue weighted by atomic mass is 16.8. The highest BCUT2D eigenvalue weighted by Crippen LogP contribution is 2.64. The van der Waals surface area contributed by atoms with E-state index in [-0.39, 0.29) is 30.6 Å². The quantitative estimate of drug-likeness (QED) is 0.173. The van der Waals surface area contributed by atoms with Gasteiger partial charge in [0.1, 0.15) is 17.8 Å². The Morgan fingerprint density at radius 2 is 1.57 bits per heavy atom. The molecule has 3 fully saturated rings. The van der Waals surface area contributed by atoms with E-state index in [1.807, 2.05) is 0 Å². The molecular formula is C33H46O14. The predicted molar refractivity (Wildman–Crippen MR) is 163 cm³/mol. The maximum Gasteiger partial charge on any atom is 0.508 e. The van der Waals surface area contributed by atoms with Crippen LogP contribution in [0.25, 0.3) is 0 Å². The van der Waals surface area contributed by atoms with E-state index in [4.69, 9.17) is 33.9 Å². The van der Waals surface area contributed by atoms with Crippen molar-refractivity contribution >= 4 is 23.9 Å². The molecule has 0 aromatic heterocycles. The molecule has 1 aromatic carbocycles. The van der Waals surface area contributed by atoms with Crippen LogP contribution in [-0.2, 0) is 33.3 Å².